The molecule has 73 valence electrons. The van der Waals surface area contributed by atoms with Crippen LogP contribution in [-0.4, -0.2) is 17.4 Å². The van der Waals surface area contributed by atoms with Crippen LogP contribution in [0, 0.1) is 0 Å². The number of hydrogen-bond acceptors (Lipinski definition) is 4. The van der Waals surface area contributed by atoms with Crippen molar-refractivity contribution in [1.29, 1.82) is 0 Å². The third-order valence-electron chi connectivity index (χ3n) is 0. The Morgan fingerprint density at radius 2 is 0.333 bits per heavy atom. The fourth-order valence-corrected chi connectivity index (χ4v) is 0. The van der Waals surface area contributed by atoms with Crippen molar-refractivity contribution in [2.24, 2.45) is 0 Å². The predicted molar refractivity (Wildman–Crippen MR) is 30.0 cm³/mol. The first-order valence-corrected chi connectivity index (χ1v) is 0. The van der Waals surface area contributed by atoms with Gasteiger partial charge in [-0.1, -0.05) is 0 Å². The summed E-state index contributed by atoms with van der Waals surface area (Å²) in [7, 11) is 0. The molecule has 0 heterocycles. The molecule has 0 saturated carbocycles. The Bertz CT molecular complexity index is 19.5. The van der Waals surface area contributed by atoms with E-state index >= 15 is 0 Å². The van der Waals surface area contributed by atoms with Crippen LogP contribution in [0.3, 0.4) is 0 Å². The van der Waals surface area contributed by atoms with Gasteiger partial charge in [0.25, 0.3) is 0 Å². The summed E-state index contributed by atoms with van der Waals surface area (Å²) in [4.78, 5) is 0. The van der Waals surface area contributed by atoms with Crippen LogP contribution in [0.4, 0.5) is 0 Å². The molecule has 0 aliphatic carbocycles. The van der Waals surface area contributed by atoms with E-state index in [2.05, 4.69) is 0 Å². The minimum atomic E-state index is 0. The molecule has 0 aromatic heterocycles. The van der Waals surface area contributed by atoms with Crippen LogP contribution in [0.15, 0.2) is 0 Å². The van der Waals surface area contributed by atoms with E-state index in [-0.39, 0.29) is 189 Å². The van der Waals surface area contributed by atoms with E-state index in [1.54, 1.807) is 0 Å². The minimum absolute atomic E-state index is 0. The van der Waals surface area contributed by atoms with Gasteiger partial charge in [-0.3, -0.25) is 0 Å². The van der Waals surface area contributed by atoms with Gasteiger partial charge in [0, 0.05) is 147 Å². The number of hydrogen-bond donors (Lipinski definition) is 4. The molecule has 0 bridgehead atoms. The second-order valence-corrected chi connectivity index (χ2v) is 0. The molecule has 12 heteroatoms. The van der Waals surface area contributed by atoms with Crippen molar-refractivity contribution < 1.29 is 147 Å². The van der Waals surface area contributed by atoms with E-state index in [4.69, 9.17) is 0 Å². The molecular weight excluding hydrogens is 434 g/mol. The fraction of sp³-hybridized carbons (Fsp3) is 0. The summed E-state index contributed by atoms with van der Waals surface area (Å²) in [6.07, 6.45) is 0. The van der Waals surface area contributed by atoms with E-state index in [1.807, 2.05) is 0 Å². The summed E-state index contributed by atoms with van der Waals surface area (Å²) >= 11 is 0. The average molecular weight is 449 g/mol. The van der Waals surface area contributed by atoms with Gasteiger partial charge in [-0.05, 0) is 0 Å². The van der Waals surface area contributed by atoms with Gasteiger partial charge in [0.15, 0.2) is 17.4 Å². The van der Waals surface area contributed by atoms with Gasteiger partial charge in [0.1, 0.15) is 0 Å². The SMILES string of the molecule is N.N.N.N.[AlH3].[Cu].[Ti].[Ti].[Ti].[Ti].[Ti].[Ti]. The summed E-state index contributed by atoms with van der Waals surface area (Å²) in [5.74, 6) is 0. The molecular formula is H15AlCuN4Ti6. The van der Waals surface area contributed by atoms with Gasteiger partial charge < -0.3 is 24.6 Å². The topological polar surface area (TPSA) is 140 Å². The van der Waals surface area contributed by atoms with Crippen molar-refractivity contribution in [3.63, 3.8) is 0 Å². The van der Waals surface area contributed by atoms with Crippen LogP contribution in [-0.2, 0) is 147 Å². The van der Waals surface area contributed by atoms with Crippen LogP contribution in [0.1, 0.15) is 0 Å². The molecule has 4 nitrogen and oxygen atoms in total. The first kappa shape index (κ1) is 168. The normalized spacial score (nSPS) is 0. The first-order chi connectivity index (χ1) is 0. The maximum Gasteiger partial charge on any atom is 0.187 e. The largest absolute Gasteiger partial charge is 0.344 e. The Kier molecular flexibility index (Phi) is 1940. The second kappa shape index (κ2) is 139. The maximum atomic E-state index is 0. The molecule has 0 unspecified atom stereocenters. The Labute approximate surface area is 185 Å². The molecule has 12 heavy (non-hydrogen) atoms. The Hall–Kier alpha value is 5.18. The van der Waals surface area contributed by atoms with Crippen molar-refractivity contribution in [1.82, 2.24) is 24.6 Å². The van der Waals surface area contributed by atoms with E-state index in [0.717, 1.165) is 0 Å². The standard InChI is InChI=1S/Al.Cu.4H3N.6Ti.3H/h;;4*1H3;;;;;;;;;. The third-order valence-corrected chi connectivity index (χ3v) is 0. The monoisotopic (exact) mass is 449 g/mol. The van der Waals surface area contributed by atoms with Gasteiger partial charge in [-0.2, -0.15) is 0 Å². The van der Waals surface area contributed by atoms with Gasteiger partial charge in [-0.25, -0.2) is 0 Å². The van der Waals surface area contributed by atoms with Gasteiger partial charge in [0.05, 0.1) is 0 Å². The van der Waals surface area contributed by atoms with E-state index in [1.165, 1.54) is 0 Å². The summed E-state index contributed by atoms with van der Waals surface area (Å²) in [6, 6.07) is 0. The van der Waals surface area contributed by atoms with Crippen molar-refractivity contribution in [3.8, 4) is 0 Å². The summed E-state index contributed by atoms with van der Waals surface area (Å²) in [6.45, 7) is 0. The summed E-state index contributed by atoms with van der Waals surface area (Å²) in [5.41, 5.74) is 0. The molecule has 0 spiro atoms. The van der Waals surface area contributed by atoms with Crippen LogP contribution >= 0.6 is 0 Å². The Morgan fingerprint density at radius 1 is 0.333 bits per heavy atom. The molecule has 12 N–H and O–H groups in total. The van der Waals surface area contributed by atoms with Gasteiger partial charge >= 0.3 is 0 Å². The van der Waals surface area contributed by atoms with E-state index < -0.39 is 0 Å². The molecule has 0 rings (SSSR count). The van der Waals surface area contributed by atoms with Gasteiger partial charge in [-0.15, -0.1) is 0 Å². The predicted octanol–water partition coefficient (Wildman–Crippen LogP) is -0.553. The quantitative estimate of drug-likeness (QED) is 0.369. The molecule has 0 saturated heterocycles. The number of rotatable bonds is 0. The molecule has 1 radical (unpaired) electrons. The fourth-order valence-electron chi connectivity index (χ4n) is 0. The molecule has 0 aliphatic heterocycles. The molecule has 0 aromatic carbocycles. The van der Waals surface area contributed by atoms with Crippen LogP contribution in [0.25, 0.3) is 0 Å². The van der Waals surface area contributed by atoms with E-state index in [9.17, 15) is 0 Å². The van der Waals surface area contributed by atoms with E-state index in [0.29, 0.717) is 0 Å². The smallest absolute Gasteiger partial charge is 0.187 e. The van der Waals surface area contributed by atoms with Crippen molar-refractivity contribution >= 4 is 17.4 Å². The average Bonchev–Trinajstić information content (AvgIpc) is 0. The second-order valence-electron chi connectivity index (χ2n) is 0. The Balaban J connectivity index is 0. The molecule has 0 atom stereocenters. The van der Waals surface area contributed by atoms with Crippen LogP contribution < -0.4 is 24.6 Å². The zero-order chi connectivity index (χ0) is 0. The third kappa shape index (κ3) is 114. The Morgan fingerprint density at radius 3 is 0.333 bits per heavy atom. The minimum Gasteiger partial charge on any atom is -0.344 e. The van der Waals surface area contributed by atoms with Crippen molar-refractivity contribution in [3.05, 3.63) is 0 Å². The molecule has 0 amide bonds. The maximum absolute atomic E-state index is 0. The molecule has 0 fully saturated rings. The van der Waals surface area contributed by atoms with Crippen LogP contribution in [0.5, 0.6) is 0 Å². The van der Waals surface area contributed by atoms with Crippen LogP contribution in [0.2, 0.25) is 0 Å². The summed E-state index contributed by atoms with van der Waals surface area (Å²) in [5, 5.41) is 0. The first-order valence-electron chi connectivity index (χ1n) is 0. The molecule has 0 aromatic rings. The zero-order valence-electron chi connectivity index (χ0n) is 6.13. The van der Waals surface area contributed by atoms with Crippen molar-refractivity contribution in [2.45, 2.75) is 0 Å². The van der Waals surface area contributed by atoms with Gasteiger partial charge in [0.2, 0.25) is 0 Å². The van der Waals surface area contributed by atoms with Crippen molar-refractivity contribution in [2.75, 3.05) is 0 Å². The molecule has 0 aliphatic rings. The zero-order valence-corrected chi connectivity index (χ0v) is 16.4. The summed E-state index contributed by atoms with van der Waals surface area (Å²) < 4.78 is 0.